The Labute approximate surface area is 204 Å². The lowest BCUT2D eigenvalue weighted by atomic mass is 9.92. The molecule has 1 atom stereocenters. The fourth-order valence-corrected chi connectivity index (χ4v) is 4.80. The van der Waals surface area contributed by atoms with Crippen molar-refractivity contribution in [2.24, 2.45) is 0 Å². The summed E-state index contributed by atoms with van der Waals surface area (Å²) in [5.41, 5.74) is -0.928. The predicted octanol–water partition coefficient (Wildman–Crippen LogP) is 3.67. The Morgan fingerprint density at radius 3 is 2.60 bits per heavy atom. The largest absolute Gasteiger partial charge is 0.385 e. The van der Waals surface area contributed by atoms with E-state index < -0.39 is 34.6 Å². The number of hydrogen-bond acceptors (Lipinski definition) is 5. The fraction of sp³-hybridized carbons (Fsp3) is 0.500. The molecule has 35 heavy (non-hydrogen) atoms. The van der Waals surface area contributed by atoms with E-state index in [0.717, 1.165) is 44.1 Å². The Balaban J connectivity index is 1.43. The minimum absolute atomic E-state index is 0.0568. The van der Waals surface area contributed by atoms with Crippen molar-refractivity contribution in [3.8, 4) is 0 Å². The number of carbonyl (C=O) groups excluding carboxylic acids is 1. The second kappa shape index (κ2) is 10.6. The standard InChI is InChI=1S/C26H33F3N4O2/c1-3-17-7-10-22(21(28)12-17)31-24-19(8-9-20(27)23(24)29)25(34)33-15-26(35,16-33)14-30-18-6-5-11-32(4-2)13-18/h7-10,12,18,30-31,35H,3-6,11,13-16H2,1-2H3. The van der Waals surface area contributed by atoms with E-state index in [2.05, 4.69) is 22.5 Å². The number of β-amino-alcohol motifs (C(OH)–C–C–N with tert-alkyl or cyclic N) is 1. The van der Waals surface area contributed by atoms with Crippen LogP contribution in [0.1, 0.15) is 42.6 Å². The van der Waals surface area contributed by atoms with E-state index in [1.165, 1.54) is 23.1 Å². The van der Waals surface area contributed by atoms with Gasteiger partial charge in [-0.1, -0.05) is 19.9 Å². The number of nitrogens with zero attached hydrogens (tertiary/aromatic N) is 2. The van der Waals surface area contributed by atoms with E-state index in [-0.39, 0.29) is 30.4 Å². The number of aryl methyl sites for hydroxylation is 1. The molecular formula is C26H33F3N4O2. The van der Waals surface area contributed by atoms with Crippen molar-refractivity contribution in [2.75, 3.05) is 44.6 Å². The molecular weight excluding hydrogens is 457 g/mol. The van der Waals surface area contributed by atoms with Gasteiger partial charge >= 0.3 is 0 Å². The Morgan fingerprint density at radius 1 is 1.14 bits per heavy atom. The van der Waals surface area contributed by atoms with Crippen molar-refractivity contribution in [1.82, 2.24) is 15.1 Å². The lowest BCUT2D eigenvalue weighted by Gasteiger charge is -2.47. The number of benzene rings is 2. The molecule has 0 aromatic heterocycles. The van der Waals surface area contributed by atoms with Gasteiger partial charge in [0.05, 0.1) is 30.0 Å². The Morgan fingerprint density at radius 2 is 1.91 bits per heavy atom. The minimum atomic E-state index is -1.26. The molecule has 0 bridgehead atoms. The summed E-state index contributed by atoms with van der Waals surface area (Å²) in [5, 5.41) is 16.8. The molecule has 0 radical (unpaired) electrons. The highest BCUT2D eigenvalue weighted by Gasteiger charge is 2.44. The lowest BCUT2D eigenvalue weighted by Crippen LogP contribution is -2.68. The lowest BCUT2D eigenvalue weighted by molar-refractivity contribution is -0.0806. The molecule has 1 amide bonds. The summed E-state index contributed by atoms with van der Waals surface area (Å²) in [6.07, 6.45) is 2.76. The molecule has 4 rings (SSSR count). The van der Waals surface area contributed by atoms with E-state index in [4.69, 9.17) is 0 Å². The number of piperidine rings is 1. The summed E-state index contributed by atoms with van der Waals surface area (Å²) in [6, 6.07) is 6.77. The number of carbonyl (C=O) groups is 1. The molecule has 1 unspecified atom stereocenters. The molecule has 2 aliphatic heterocycles. The molecule has 2 heterocycles. The van der Waals surface area contributed by atoms with Crippen LogP contribution in [0.3, 0.4) is 0 Å². The van der Waals surface area contributed by atoms with Crippen molar-refractivity contribution < 1.29 is 23.1 Å². The van der Waals surface area contributed by atoms with E-state index in [0.29, 0.717) is 13.0 Å². The highest BCUT2D eigenvalue weighted by molar-refractivity contribution is 6.01. The quantitative estimate of drug-likeness (QED) is 0.527. The summed E-state index contributed by atoms with van der Waals surface area (Å²) >= 11 is 0. The summed E-state index contributed by atoms with van der Waals surface area (Å²) in [6.45, 7) is 7.49. The third-order valence-electron chi connectivity index (χ3n) is 6.96. The van der Waals surface area contributed by atoms with Gasteiger partial charge in [0.2, 0.25) is 0 Å². The normalized spacial score (nSPS) is 19.9. The summed E-state index contributed by atoms with van der Waals surface area (Å²) in [5.74, 6) is -3.59. The smallest absolute Gasteiger partial charge is 0.256 e. The first-order chi connectivity index (χ1) is 16.7. The van der Waals surface area contributed by atoms with Crippen molar-refractivity contribution in [3.05, 3.63) is 58.9 Å². The maximum absolute atomic E-state index is 14.7. The second-order valence-electron chi connectivity index (χ2n) is 9.58. The zero-order valence-corrected chi connectivity index (χ0v) is 20.2. The fourth-order valence-electron chi connectivity index (χ4n) is 4.80. The molecule has 0 spiro atoms. The maximum Gasteiger partial charge on any atom is 0.256 e. The molecule has 6 nitrogen and oxygen atoms in total. The molecule has 0 aliphatic carbocycles. The highest BCUT2D eigenvalue weighted by atomic mass is 19.2. The molecule has 2 aromatic carbocycles. The third kappa shape index (κ3) is 5.63. The molecule has 2 saturated heterocycles. The van der Waals surface area contributed by atoms with Gasteiger partial charge in [0.15, 0.2) is 11.6 Å². The summed E-state index contributed by atoms with van der Waals surface area (Å²) in [7, 11) is 0. The first kappa shape index (κ1) is 25.5. The minimum Gasteiger partial charge on any atom is -0.385 e. The van der Waals surface area contributed by atoms with Crippen LogP contribution >= 0.6 is 0 Å². The SMILES string of the molecule is CCc1ccc(Nc2c(C(=O)N3CC(O)(CNC4CCCN(CC)C4)C3)ccc(F)c2F)c(F)c1. The number of halogens is 3. The van der Waals surface area contributed by atoms with Crippen molar-refractivity contribution in [1.29, 1.82) is 0 Å². The highest BCUT2D eigenvalue weighted by Crippen LogP contribution is 2.31. The molecule has 2 aliphatic rings. The van der Waals surface area contributed by atoms with Crippen molar-refractivity contribution in [2.45, 2.75) is 44.8 Å². The van der Waals surface area contributed by atoms with Crippen molar-refractivity contribution in [3.63, 3.8) is 0 Å². The van der Waals surface area contributed by atoms with Gasteiger partial charge < -0.3 is 25.5 Å². The van der Waals surface area contributed by atoms with E-state index in [9.17, 15) is 23.1 Å². The molecule has 0 saturated carbocycles. The van der Waals surface area contributed by atoms with Gasteiger partial charge in [-0.3, -0.25) is 4.79 Å². The molecule has 2 aromatic rings. The summed E-state index contributed by atoms with van der Waals surface area (Å²) < 4.78 is 43.2. The number of hydrogen-bond donors (Lipinski definition) is 3. The molecule has 190 valence electrons. The number of likely N-dealkylation sites (N-methyl/N-ethyl adjacent to an activating group) is 1. The number of anilines is 2. The van der Waals surface area contributed by atoms with Gasteiger partial charge in [-0.15, -0.1) is 0 Å². The number of amides is 1. The van der Waals surface area contributed by atoms with Crippen LogP contribution in [0.25, 0.3) is 0 Å². The van der Waals surface area contributed by atoms with E-state index in [1.807, 2.05) is 6.92 Å². The average Bonchev–Trinajstić information content (AvgIpc) is 2.84. The first-order valence-corrected chi connectivity index (χ1v) is 12.2. The van der Waals surface area contributed by atoms with E-state index >= 15 is 0 Å². The van der Waals surface area contributed by atoms with Crippen LogP contribution in [0.5, 0.6) is 0 Å². The average molecular weight is 491 g/mol. The van der Waals surface area contributed by atoms with E-state index in [1.54, 1.807) is 6.07 Å². The number of likely N-dealkylation sites (tertiary alicyclic amines) is 2. The van der Waals surface area contributed by atoms with Crippen molar-refractivity contribution >= 4 is 17.3 Å². The van der Waals surface area contributed by atoms with Gasteiger partial charge in [0.25, 0.3) is 5.91 Å². The van der Waals surface area contributed by atoms with Crippen LogP contribution < -0.4 is 10.6 Å². The third-order valence-corrected chi connectivity index (χ3v) is 6.96. The van der Waals surface area contributed by atoms with Crippen LogP contribution in [0.15, 0.2) is 30.3 Å². The Hall–Kier alpha value is -2.62. The number of aliphatic hydroxyl groups is 1. The van der Waals surface area contributed by atoms with Gasteiger partial charge in [0, 0.05) is 19.1 Å². The Bertz CT molecular complexity index is 1070. The second-order valence-corrected chi connectivity index (χ2v) is 9.58. The zero-order valence-electron chi connectivity index (χ0n) is 20.2. The maximum atomic E-state index is 14.7. The zero-order chi connectivity index (χ0) is 25.2. The van der Waals surface area contributed by atoms with Crippen LogP contribution in [0.2, 0.25) is 0 Å². The Kier molecular flexibility index (Phi) is 7.68. The van der Waals surface area contributed by atoms with Gasteiger partial charge in [0.1, 0.15) is 11.4 Å². The molecule has 3 N–H and O–H groups in total. The molecule has 9 heteroatoms. The summed E-state index contributed by atoms with van der Waals surface area (Å²) in [4.78, 5) is 16.9. The van der Waals surface area contributed by atoms with Gasteiger partial charge in [-0.2, -0.15) is 0 Å². The topological polar surface area (TPSA) is 67.8 Å². The first-order valence-electron chi connectivity index (χ1n) is 12.2. The van der Waals surface area contributed by atoms with Crippen LogP contribution in [-0.2, 0) is 6.42 Å². The van der Waals surface area contributed by atoms with Crippen LogP contribution in [0.4, 0.5) is 24.5 Å². The predicted molar refractivity (Wildman–Crippen MR) is 129 cm³/mol. The van der Waals surface area contributed by atoms with Crippen LogP contribution in [-0.4, -0.2) is 71.7 Å². The number of rotatable bonds is 8. The number of nitrogens with one attached hydrogen (secondary N) is 2. The monoisotopic (exact) mass is 490 g/mol. The van der Waals surface area contributed by atoms with Gasteiger partial charge in [-0.25, -0.2) is 13.2 Å². The van der Waals surface area contributed by atoms with Gasteiger partial charge in [-0.05, 0) is 62.2 Å². The molecule has 2 fully saturated rings. The van der Waals surface area contributed by atoms with Crippen LogP contribution in [0, 0.1) is 17.5 Å².